The molecule has 5 heteroatoms. The van der Waals surface area contributed by atoms with Gasteiger partial charge in [0.1, 0.15) is 0 Å². The van der Waals surface area contributed by atoms with Crippen LogP contribution in [0.2, 0.25) is 0 Å². The van der Waals surface area contributed by atoms with Crippen molar-refractivity contribution < 1.29 is 4.79 Å². The maximum absolute atomic E-state index is 11.5. The first-order valence-electron chi connectivity index (χ1n) is 5.22. The number of piperazine rings is 1. The van der Waals surface area contributed by atoms with Gasteiger partial charge in [0.15, 0.2) is 0 Å². The summed E-state index contributed by atoms with van der Waals surface area (Å²) in [6.07, 6.45) is 0. The first-order valence-corrected chi connectivity index (χ1v) is 5.59. The van der Waals surface area contributed by atoms with Gasteiger partial charge in [0, 0.05) is 44.3 Å². The quantitative estimate of drug-likeness (QED) is 0.789. The van der Waals surface area contributed by atoms with Crippen LogP contribution in [-0.4, -0.2) is 55.1 Å². The molecule has 86 valence electrons. The highest BCUT2D eigenvalue weighted by Gasteiger charge is 2.20. The van der Waals surface area contributed by atoms with Crippen LogP contribution in [0.3, 0.4) is 0 Å². The largest absolute Gasteiger partial charge is 0.338 e. The standard InChI is InChI=1S/C10H18ClN3O/c1-3-12-10(15)14-6-4-13(5-7-14)8-9(2)11/h2-8H2,1H3,(H,12,15). The third-order valence-electron chi connectivity index (χ3n) is 2.38. The highest BCUT2D eigenvalue weighted by Crippen LogP contribution is 2.06. The van der Waals surface area contributed by atoms with Crippen molar-refractivity contribution in [2.45, 2.75) is 6.92 Å². The molecule has 0 saturated carbocycles. The molecule has 0 aromatic rings. The summed E-state index contributed by atoms with van der Waals surface area (Å²) >= 11 is 5.73. The van der Waals surface area contributed by atoms with Crippen molar-refractivity contribution in [3.05, 3.63) is 11.6 Å². The molecule has 1 saturated heterocycles. The predicted molar refractivity (Wildman–Crippen MR) is 62.1 cm³/mol. The summed E-state index contributed by atoms with van der Waals surface area (Å²) in [6.45, 7) is 10.2. The molecule has 0 spiro atoms. The third-order valence-corrected chi connectivity index (χ3v) is 2.50. The number of rotatable bonds is 3. The third kappa shape index (κ3) is 4.10. The Morgan fingerprint density at radius 2 is 2.00 bits per heavy atom. The van der Waals surface area contributed by atoms with E-state index >= 15 is 0 Å². The molecular formula is C10H18ClN3O. The van der Waals surface area contributed by atoms with Crippen LogP contribution >= 0.6 is 11.6 Å². The number of hydrogen-bond acceptors (Lipinski definition) is 2. The van der Waals surface area contributed by atoms with Gasteiger partial charge in [-0.3, -0.25) is 4.90 Å². The summed E-state index contributed by atoms with van der Waals surface area (Å²) in [6, 6.07) is 0.0295. The Kier molecular flexibility index (Phi) is 4.91. The molecule has 1 N–H and O–H groups in total. The number of carbonyl (C=O) groups excluding carboxylic acids is 1. The molecule has 2 amide bonds. The van der Waals surface area contributed by atoms with Gasteiger partial charge in [-0.2, -0.15) is 0 Å². The van der Waals surface area contributed by atoms with Crippen LogP contribution in [0.1, 0.15) is 6.92 Å². The van der Waals surface area contributed by atoms with E-state index in [2.05, 4.69) is 16.8 Å². The summed E-state index contributed by atoms with van der Waals surface area (Å²) in [7, 11) is 0. The monoisotopic (exact) mass is 231 g/mol. The summed E-state index contributed by atoms with van der Waals surface area (Å²) in [5, 5.41) is 3.45. The highest BCUT2D eigenvalue weighted by atomic mass is 35.5. The SMILES string of the molecule is C=C(Cl)CN1CCN(C(=O)NCC)CC1. The van der Waals surface area contributed by atoms with E-state index in [0.29, 0.717) is 18.1 Å². The molecule has 0 atom stereocenters. The van der Waals surface area contributed by atoms with Crippen molar-refractivity contribution in [2.24, 2.45) is 0 Å². The normalized spacial score (nSPS) is 17.6. The molecular weight excluding hydrogens is 214 g/mol. The van der Waals surface area contributed by atoms with Gasteiger partial charge in [0.05, 0.1) is 0 Å². The van der Waals surface area contributed by atoms with Crippen molar-refractivity contribution in [1.29, 1.82) is 0 Å². The minimum atomic E-state index is 0.0295. The molecule has 1 heterocycles. The van der Waals surface area contributed by atoms with E-state index in [9.17, 15) is 4.79 Å². The lowest BCUT2D eigenvalue weighted by Gasteiger charge is -2.34. The van der Waals surface area contributed by atoms with Crippen LogP contribution in [0, 0.1) is 0 Å². The molecule has 1 fully saturated rings. The Balaban J connectivity index is 2.29. The van der Waals surface area contributed by atoms with Crippen LogP contribution in [0.4, 0.5) is 4.79 Å². The summed E-state index contributed by atoms with van der Waals surface area (Å²) in [4.78, 5) is 15.5. The summed E-state index contributed by atoms with van der Waals surface area (Å²) in [5.74, 6) is 0. The second-order valence-corrected chi connectivity index (χ2v) is 4.15. The van der Waals surface area contributed by atoms with E-state index in [1.807, 2.05) is 11.8 Å². The van der Waals surface area contributed by atoms with Gasteiger partial charge in [0.25, 0.3) is 0 Å². The molecule has 15 heavy (non-hydrogen) atoms. The average Bonchev–Trinajstić information content (AvgIpc) is 2.18. The molecule has 0 unspecified atom stereocenters. The molecule has 0 bridgehead atoms. The number of nitrogens with one attached hydrogen (secondary N) is 1. The number of hydrogen-bond donors (Lipinski definition) is 1. The Hall–Kier alpha value is -0.740. The Morgan fingerprint density at radius 1 is 1.40 bits per heavy atom. The van der Waals surface area contributed by atoms with Gasteiger partial charge in [0.2, 0.25) is 0 Å². The molecule has 0 aliphatic carbocycles. The number of amides is 2. The predicted octanol–water partition coefficient (Wildman–Crippen LogP) is 1.09. The van der Waals surface area contributed by atoms with E-state index in [1.54, 1.807) is 0 Å². The van der Waals surface area contributed by atoms with E-state index < -0.39 is 0 Å². The van der Waals surface area contributed by atoms with E-state index in [1.165, 1.54) is 0 Å². The number of carbonyl (C=O) groups is 1. The average molecular weight is 232 g/mol. The van der Waals surface area contributed by atoms with Crippen LogP contribution in [-0.2, 0) is 0 Å². The second-order valence-electron chi connectivity index (χ2n) is 3.62. The van der Waals surface area contributed by atoms with Crippen LogP contribution in [0.15, 0.2) is 11.6 Å². The fourth-order valence-corrected chi connectivity index (χ4v) is 1.78. The zero-order valence-electron chi connectivity index (χ0n) is 9.13. The molecule has 0 aromatic heterocycles. The minimum Gasteiger partial charge on any atom is -0.338 e. The molecule has 1 aliphatic rings. The van der Waals surface area contributed by atoms with Crippen LogP contribution < -0.4 is 5.32 Å². The lowest BCUT2D eigenvalue weighted by molar-refractivity contribution is 0.146. The smallest absolute Gasteiger partial charge is 0.317 e. The maximum Gasteiger partial charge on any atom is 0.317 e. The minimum absolute atomic E-state index is 0.0295. The van der Waals surface area contributed by atoms with E-state index in [4.69, 9.17) is 11.6 Å². The fourth-order valence-electron chi connectivity index (χ4n) is 1.61. The number of urea groups is 1. The van der Waals surface area contributed by atoms with Crippen molar-refractivity contribution in [2.75, 3.05) is 39.3 Å². The molecule has 0 radical (unpaired) electrons. The first kappa shape index (κ1) is 12.3. The Bertz CT molecular complexity index is 237. The molecule has 1 aliphatic heterocycles. The van der Waals surface area contributed by atoms with Gasteiger partial charge in [-0.15, -0.1) is 0 Å². The highest BCUT2D eigenvalue weighted by molar-refractivity contribution is 6.29. The van der Waals surface area contributed by atoms with Gasteiger partial charge in [-0.1, -0.05) is 18.2 Å². The lowest BCUT2D eigenvalue weighted by Crippen LogP contribution is -2.51. The Morgan fingerprint density at radius 3 is 2.47 bits per heavy atom. The van der Waals surface area contributed by atoms with Gasteiger partial charge < -0.3 is 10.2 Å². The molecule has 4 nitrogen and oxygen atoms in total. The van der Waals surface area contributed by atoms with Gasteiger partial charge in [-0.25, -0.2) is 4.79 Å². The topological polar surface area (TPSA) is 35.6 Å². The molecule has 1 rings (SSSR count). The van der Waals surface area contributed by atoms with Crippen molar-refractivity contribution >= 4 is 17.6 Å². The zero-order valence-corrected chi connectivity index (χ0v) is 9.89. The van der Waals surface area contributed by atoms with Gasteiger partial charge in [-0.05, 0) is 6.92 Å². The van der Waals surface area contributed by atoms with Crippen molar-refractivity contribution in [3.8, 4) is 0 Å². The second kappa shape index (κ2) is 5.98. The maximum atomic E-state index is 11.5. The van der Waals surface area contributed by atoms with Crippen LogP contribution in [0.5, 0.6) is 0 Å². The Labute approximate surface area is 95.9 Å². The summed E-state index contributed by atoms with van der Waals surface area (Å²) in [5.41, 5.74) is 0. The first-order chi connectivity index (χ1) is 7.13. The van der Waals surface area contributed by atoms with Crippen molar-refractivity contribution in [1.82, 2.24) is 15.1 Å². The number of halogens is 1. The number of nitrogens with zero attached hydrogens (tertiary/aromatic N) is 2. The summed E-state index contributed by atoms with van der Waals surface area (Å²) < 4.78 is 0. The molecule has 0 aromatic carbocycles. The van der Waals surface area contributed by atoms with E-state index in [0.717, 1.165) is 26.2 Å². The fraction of sp³-hybridized carbons (Fsp3) is 0.700. The zero-order chi connectivity index (χ0) is 11.3. The lowest BCUT2D eigenvalue weighted by atomic mass is 10.3. The van der Waals surface area contributed by atoms with Gasteiger partial charge >= 0.3 is 6.03 Å². The van der Waals surface area contributed by atoms with Crippen LogP contribution in [0.25, 0.3) is 0 Å². The van der Waals surface area contributed by atoms with Crippen molar-refractivity contribution in [3.63, 3.8) is 0 Å². The van der Waals surface area contributed by atoms with E-state index in [-0.39, 0.29) is 6.03 Å².